The third-order valence-corrected chi connectivity index (χ3v) is 8.35. The molecule has 350 valence electrons. The second-order valence-electron chi connectivity index (χ2n) is 10.9. The van der Waals surface area contributed by atoms with Crippen LogP contribution in [-0.2, 0) is 18.6 Å². The summed E-state index contributed by atoms with van der Waals surface area (Å²) < 4.78 is 427. The first kappa shape index (κ1) is 54.3. The second-order valence-corrected chi connectivity index (χ2v) is 13.5. The highest BCUT2D eigenvalue weighted by molar-refractivity contribution is 8.13. The minimum Gasteiger partial charge on any atom is -0.319 e. The van der Waals surface area contributed by atoms with Crippen molar-refractivity contribution in [2.75, 3.05) is 10.6 Å². The summed E-state index contributed by atoms with van der Waals surface area (Å²) in [6.45, 7) is 0. The number of carbonyl (C=O) groups is 2. The minimum atomic E-state index is -9.07. The van der Waals surface area contributed by atoms with Crippen LogP contribution >= 0.6 is 10.7 Å². The first-order chi connectivity index (χ1) is 25.6. The number of amides is 2. The van der Waals surface area contributed by atoms with Crippen molar-refractivity contribution in [3.8, 4) is 0 Å². The summed E-state index contributed by atoms with van der Waals surface area (Å²) in [4.78, 5) is 21.8. The van der Waals surface area contributed by atoms with Crippen molar-refractivity contribution in [2.45, 2.75) is 88.3 Å². The van der Waals surface area contributed by atoms with E-state index >= 15 is 0 Å². The smallest absolute Gasteiger partial charge is 0.319 e. The molecular weight excluding hydrogens is 994 g/mol. The van der Waals surface area contributed by atoms with E-state index in [0.717, 1.165) is 0 Å². The highest BCUT2D eigenvalue weighted by atomic mass is 35.7. The highest BCUT2D eigenvalue weighted by Gasteiger charge is 2.95. The first-order valence-corrected chi connectivity index (χ1v) is 15.3. The van der Waals surface area contributed by atoms with Gasteiger partial charge in [0.15, 0.2) is 0 Å². The number of anilines is 2. The molecule has 38 heteroatoms. The van der Waals surface area contributed by atoms with Crippen molar-refractivity contribution >= 4 is 42.9 Å². The maximum Gasteiger partial charge on any atom is 0.460 e. The van der Waals surface area contributed by atoms with Crippen LogP contribution in [0.25, 0.3) is 0 Å². The van der Waals surface area contributed by atoms with Gasteiger partial charge in [-0.15, -0.1) is 0 Å². The highest BCUT2D eigenvalue weighted by Crippen LogP contribution is 2.64. The molecule has 0 bridgehead atoms. The van der Waals surface area contributed by atoms with Crippen molar-refractivity contribution in [1.29, 1.82) is 0 Å². The quantitative estimate of drug-likeness (QED) is 0.135. The van der Waals surface area contributed by atoms with Gasteiger partial charge in [0, 0.05) is 10.7 Å². The predicted molar refractivity (Wildman–Crippen MR) is 128 cm³/mol. The Morgan fingerprint density at radius 3 is 0.867 bits per heavy atom. The molecule has 0 unspecified atom stereocenters. The molecule has 2 amide bonds. The van der Waals surface area contributed by atoms with Crippen LogP contribution in [0, 0.1) is 0 Å². The number of hydrogen-bond donors (Lipinski definition) is 2. The van der Waals surface area contributed by atoms with Crippen molar-refractivity contribution < 1.29 is 150 Å². The molecule has 0 radical (unpaired) electrons. The van der Waals surface area contributed by atoms with E-state index in [4.69, 9.17) is 0 Å². The summed E-state index contributed by atoms with van der Waals surface area (Å²) in [5, 5.41) is -0.355. The Labute approximate surface area is 310 Å². The Balaban J connectivity index is 3.94. The number of hydrogen-bond acceptors (Lipinski definition) is 4. The molecule has 1 rings (SSSR count). The van der Waals surface area contributed by atoms with E-state index in [1.165, 1.54) is 0 Å². The van der Waals surface area contributed by atoms with Crippen LogP contribution in [0.4, 0.5) is 143 Å². The van der Waals surface area contributed by atoms with E-state index in [1.807, 2.05) is 0 Å². The lowest BCUT2D eigenvalue weighted by Gasteiger charge is -2.41. The van der Waals surface area contributed by atoms with E-state index in [-0.39, 0.29) is 10.6 Å². The summed E-state index contributed by atoms with van der Waals surface area (Å²) in [5.41, 5.74) is -5.37. The standard InChI is InChI=1S/C22H5ClF30N2O4S/c23-60(58,59)4-1-2-5(54-7(56)9(24,25)11(28,29)13(32,33)15(36,37)17(40,41)19(44,45)21(48,49)50)6(3-4)55-8(57)10(26,27)12(30,31)14(34,35)16(38,39)18(42,43)20(46,47)22(51,52)53/h1-3H,(H,54,56)(H,55,57). The fraction of sp³-hybridized carbons (Fsp3) is 0.636. The third kappa shape index (κ3) is 7.51. The van der Waals surface area contributed by atoms with Crippen LogP contribution in [0.5, 0.6) is 0 Å². The fourth-order valence-electron chi connectivity index (χ4n) is 3.51. The largest absolute Gasteiger partial charge is 0.460 e. The monoisotopic (exact) mass is 998 g/mol. The van der Waals surface area contributed by atoms with Gasteiger partial charge in [-0.1, -0.05) is 0 Å². The molecule has 0 aromatic heterocycles. The average Bonchev–Trinajstić information content (AvgIpc) is 3.02. The van der Waals surface area contributed by atoms with Gasteiger partial charge in [0.1, 0.15) is 0 Å². The first-order valence-electron chi connectivity index (χ1n) is 13.0. The number of carbonyl (C=O) groups excluding carboxylic acids is 2. The molecule has 6 nitrogen and oxygen atoms in total. The third-order valence-electron chi connectivity index (χ3n) is 6.99. The van der Waals surface area contributed by atoms with Gasteiger partial charge in [-0.2, -0.15) is 132 Å². The topological polar surface area (TPSA) is 92.3 Å². The summed E-state index contributed by atoms with van der Waals surface area (Å²) in [5.74, 6) is -114. The van der Waals surface area contributed by atoms with Gasteiger partial charge in [0.05, 0.1) is 16.3 Å². The SMILES string of the molecule is O=C(Nc1ccc(S(=O)(=O)Cl)cc1NC(=O)C(F)(F)C(F)(F)C(F)(F)C(F)(F)C(F)(F)C(F)(F)C(F)(F)F)C(F)(F)C(F)(F)C(F)(F)C(F)(F)C(F)(F)C(F)(F)C(F)(F)F. The number of nitrogens with one attached hydrogen (secondary N) is 2. The van der Waals surface area contributed by atoms with Gasteiger partial charge in [-0.25, -0.2) is 8.42 Å². The second kappa shape index (κ2) is 14.4. The van der Waals surface area contributed by atoms with Crippen LogP contribution in [0.3, 0.4) is 0 Å². The van der Waals surface area contributed by atoms with Gasteiger partial charge >= 0.3 is 95.2 Å². The Morgan fingerprint density at radius 1 is 0.383 bits per heavy atom. The molecular formula is C22H5ClF30N2O4S. The minimum absolute atomic E-state index is 0.152. The van der Waals surface area contributed by atoms with Gasteiger partial charge in [-0.05, 0) is 18.2 Å². The summed E-state index contributed by atoms with van der Waals surface area (Å²) >= 11 is 0. The van der Waals surface area contributed by atoms with Gasteiger partial charge < -0.3 is 10.6 Å². The number of halogens is 31. The molecule has 0 heterocycles. The molecule has 1 aromatic carbocycles. The van der Waals surface area contributed by atoms with Crippen molar-refractivity contribution in [1.82, 2.24) is 0 Å². The zero-order chi connectivity index (χ0) is 48.9. The molecule has 0 aliphatic carbocycles. The van der Waals surface area contributed by atoms with E-state index in [0.29, 0.717) is 0 Å². The summed E-state index contributed by atoms with van der Waals surface area (Å²) in [6, 6.07) is -2.04. The number of benzene rings is 1. The maximum absolute atomic E-state index is 14.4. The van der Waals surface area contributed by atoms with Crippen LogP contribution in [-0.4, -0.2) is 104 Å². The van der Waals surface area contributed by atoms with Crippen molar-refractivity contribution in [3.05, 3.63) is 18.2 Å². The lowest BCUT2D eigenvalue weighted by Crippen LogP contribution is -2.73. The Hall–Kier alpha value is -3.70. The molecule has 0 spiro atoms. The van der Waals surface area contributed by atoms with Gasteiger partial charge in [0.2, 0.25) is 0 Å². The number of alkyl halides is 30. The molecule has 60 heavy (non-hydrogen) atoms. The van der Waals surface area contributed by atoms with Crippen LogP contribution in [0.15, 0.2) is 23.1 Å². The Morgan fingerprint density at radius 2 is 0.617 bits per heavy atom. The van der Waals surface area contributed by atoms with Gasteiger partial charge in [0.25, 0.3) is 9.05 Å². The van der Waals surface area contributed by atoms with Crippen LogP contribution in [0.2, 0.25) is 0 Å². The molecule has 0 fully saturated rings. The van der Waals surface area contributed by atoms with E-state index in [1.54, 1.807) is 0 Å². The summed E-state index contributed by atoms with van der Waals surface area (Å²) in [7, 11) is -0.953. The van der Waals surface area contributed by atoms with Crippen LogP contribution in [0.1, 0.15) is 0 Å². The molecule has 0 saturated carbocycles. The maximum atomic E-state index is 14.4. The Kier molecular flexibility index (Phi) is 13.1. The van der Waals surface area contributed by atoms with E-state index in [2.05, 4.69) is 10.7 Å². The molecule has 0 aliphatic rings. The number of rotatable bonds is 15. The van der Waals surface area contributed by atoms with Crippen molar-refractivity contribution in [3.63, 3.8) is 0 Å². The summed E-state index contributed by atoms with van der Waals surface area (Å²) in [6.07, 6.45) is -16.2. The lowest BCUT2D eigenvalue weighted by molar-refractivity contribution is -0.449. The normalized spacial score (nSPS) is 15.8. The molecule has 1 aromatic rings. The lowest BCUT2D eigenvalue weighted by atomic mass is 9.90. The van der Waals surface area contributed by atoms with Crippen LogP contribution < -0.4 is 10.6 Å². The van der Waals surface area contributed by atoms with E-state index < -0.39 is 139 Å². The predicted octanol–water partition coefficient (Wildman–Crippen LogP) is 10.2. The van der Waals surface area contributed by atoms with Gasteiger partial charge in [-0.3, -0.25) is 9.59 Å². The molecule has 0 atom stereocenters. The fourth-order valence-corrected chi connectivity index (χ4v) is 4.28. The zero-order valence-electron chi connectivity index (χ0n) is 26.0. The molecule has 0 saturated heterocycles. The molecule has 2 N–H and O–H groups in total. The van der Waals surface area contributed by atoms with Crippen molar-refractivity contribution in [2.24, 2.45) is 0 Å². The zero-order valence-corrected chi connectivity index (χ0v) is 27.6. The average molecular weight is 999 g/mol. The van der Waals surface area contributed by atoms with E-state index in [9.17, 15) is 150 Å². The molecule has 0 aliphatic heterocycles. The Bertz CT molecular complexity index is 1940.